The molecule has 1 aliphatic carbocycles. The molecular formula is C20H28FNO5. The lowest BCUT2D eigenvalue weighted by molar-refractivity contribution is -0.139. The highest BCUT2D eigenvalue weighted by molar-refractivity contribution is 5.68. The molecule has 150 valence electrons. The highest BCUT2D eigenvalue weighted by Crippen LogP contribution is 2.39. The summed E-state index contributed by atoms with van der Waals surface area (Å²) in [6, 6.07) is 4.54. The summed E-state index contributed by atoms with van der Waals surface area (Å²) in [6.45, 7) is 0.916. The molecule has 1 aromatic carbocycles. The van der Waals surface area contributed by atoms with E-state index in [0.29, 0.717) is 17.9 Å². The molecule has 1 saturated carbocycles. The molecule has 7 heteroatoms. The second kappa shape index (κ2) is 9.48. The Hall–Kier alpha value is -1.70. The number of carboxylic acid groups (broad SMARTS) is 1. The van der Waals surface area contributed by atoms with Gasteiger partial charge in [-0.25, -0.2) is 9.18 Å². The van der Waals surface area contributed by atoms with Crippen molar-refractivity contribution in [1.82, 2.24) is 5.32 Å². The zero-order chi connectivity index (χ0) is 19.2. The summed E-state index contributed by atoms with van der Waals surface area (Å²) in [5.41, 5.74) is 0.474. The molecule has 0 aromatic heterocycles. The van der Waals surface area contributed by atoms with E-state index < -0.39 is 12.6 Å². The molecule has 6 nitrogen and oxygen atoms in total. The minimum atomic E-state index is -1.08. The Labute approximate surface area is 158 Å². The van der Waals surface area contributed by atoms with Gasteiger partial charge in [0.1, 0.15) is 11.6 Å². The smallest absolute Gasteiger partial charge is 0.341 e. The van der Waals surface area contributed by atoms with E-state index in [1.54, 1.807) is 6.07 Å². The number of benzene rings is 1. The summed E-state index contributed by atoms with van der Waals surface area (Å²) in [7, 11) is 0. The molecule has 3 rings (SSSR count). The second-order valence-electron chi connectivity index (χ2n) is 7.41. The molecule has 27 heavy (non-hydrogen) atoms. The molecule has 0 radical (unpaired) electrons. The molecule has 1 aliphatic heterocycles. The minimum absolute atomic E-state index is 0.00626. The molecule has 2 aliphatic rings. The Morgan fingerprint density at radius 1 is 1.22 bits per heavy atom. The van der Waals surface area contributed by atoms with Crippen molar-refractivity contribution in [2.75, 3.05) is 19.8 Å². The van der Waals surface area contributed by atoms with E-state index in [2.05, 4.69) is 5.32 Å². The lowest BCUT2D eigenvalue weighted by Crippen LogP contribution is -2.48. The van der Waals surface area contributed by atoms with Crippen molar-refractivity contribution in [3.05, 3.63) is 29.6 Å². The topological polar surface area (TPSA) is 88.0 Å². The maximum atomic E-state index is 14.4. The lowest BCUT2D eigenvalue weighted by atomic mass is 9.82. The van der Waals surface area contributed by atoms with E-state index in [1.807, 2.05) is 0 Å². The van der Waals surface area contributed by atoms with Crippen molar-refractivity contribution in [2.24, 2.45) is 0 Å². The number of ether oxygens (including phenoxy) is 2. The van der Waals surface area contributed by atoms with Gasteiger partial charge in [-0.05, 0) is 63.1 Å². The van der Waals surface area contributed by atoms with Gasteiger partial charge in [-0.1, -0.05) is 6.07 Å². The third-order valence-corrected chi connectivity index (χ3v) is 5.51. The summed E-state index contributed by atoms with van der Waals surface area (Å²) in [5.74, 6) is -1.12. The van der Waals surface area contributed by atoms with E-state index in [-0.39, 0.29) is 30.0 Å². The minimum Gasteiger partial charge on any atom is -0.482 e. The van der Waals surface area contributed by atoms with Crippen molar-refractivity contribution >= 4 is 5.97 Å². The first-order valence-corrected chi connectivity index (χ1v) is 9.70. The second-order valence-corrected chi connectivity index (χ2v) is 7.41. The number of aliphatic hydroxyl groups is 1. The summed E-state index contributed by atoms with van der Waals surface area (Å²) in [4.78, 5) is 10.8. The zero-order valence-corrected chi connectivity index (χ0v) is 15.4. The largest absolute Gasteiger partial charge is 0.482 e. The van der Waals surface area contributed by atoms with Crippen LogP contribution in [-0.2, 0) is 9.53 Å². The highest BCUT2D eigenvalue weighted by Gasteiger charge is 2.29. The quantitative estimate of drug-likeness (QED) is 0.672. The molecule has 3 N–H and O–H groups in total. The number of nitrogens with one attached hydrogen (secondary N) is 1. The van der Waals surface area contributed by atoms with E-state index in [0.717, 1.165) is 45.1 Å². The molecule has 2 atom stereocenters. The van der Waals surface area contributed by atoms with Gasteiger partial charge in [0.15, 0.2) is 6.61 Å². The Bertz CT molecular complexity index is 633. The standard InChI is InChI=1S/C20H28FNO5/c21-15-3-1-5-18(27-12-19(24)25)20(15)13-6-8-14(9-7-13)26-11-16-17(23)4-2-10-22-16/h1,3,5,13-14,16-17,22-23H,2,4,6-12H2,(H,24,25)/t13?,14?,16-,17-/m0/s1. The Morgan fingerprint density at radius 2 is 2.00 bits per heavy atom. The number of carboxylic acids is 1. The Balaban J connectivity index is 1.53. The van der Waals surface area contributed by atoms with Crippen LogP contribution in [0.3, 0.4) is 0 Å². The molecule has 0 bridgehead atoms. The lowest BCUT2D eigenvalue weighted by Gasteiger charge is -2.33. The molecule has 0 spiro atoms. The number of rotatable bonds is 7. The predicted octanol–water partition coefficient (Wildman–Crippen LogP) is 2.44. The average Bonchev–Trinajstić information content (AvgIpc) is 2.66. The maximum absolute atomic E-state index is 14.4. The predicted molar refractivity (Wildman–Crippen MR) is 97.5 cm³/mol. The first-order valence-electron chi connectivity index (χ1n) is 9.70. The van der Waals surface area contributed by atoms with Crippen molar-refractivity contribution < 1.29 is 28.9 Å². The van der Waals surface area contributed by atoms with Crippen LogP contribution in [0.5, 0.6) is 5.75 Å². The van der Waals surface area contributed by atoms with Crippen molar-refractivity contribution in [3.63, 3.8) is 0 Å². The van der Waals surface area contributed by atoms with Gasteiger partial charge in [0, 0.05) is 5.56 Å². The van der Waals surface area contributed by atoms with Gasteiger partial charge in [0.25, 0.3) is 0 Å². The molecule has 0 amide bonds. The van der Waals surface area contributed by atoms with Gasteiger partial charge < -0.3 is 25.0 Å². The van der Waals surface area contributed by atoms with Crippen LogP contribution in [0.25, 0.3) is 0 Å². The summed E-state index contributed by atoms with van der Waals surface area (Å²) in [6.07, 6.45) is 4.67. The molecule has 2 fully saturated rings. The molecular weight excluding hydrogens is 353 g/mol. The van der Waals surface area contributed by atoms with Crippen LogP contribution in [0.1, 0.15) is 50.0 Å². The molecule has 1 saturated heterocycles. The number of halogens is 1. The van der Waals surface area contributed by atoms with Crippen LogP contribution >= 0.6 is 0 Å². The fraction of sp³-hybridized carbons (Fsp3) is 0.650. The van der Waals surface area contributed by atoms with Crippen molar-refractivity contribution in [1.29, 1.82) is 0 Å². The molecule has 1 heterocycles. The summed E-state index contributed by atoms with van der Waals surface area (Å²) in [5, 5.41) is 22.1. The van der Waals surface area contributed by atoms with E-state index in [9.17, 15) is 14.3 Å². The summed E-state index contributed by atoms with van der Waals surface area (Å²) < 4.78 is 25.7. The van der Waals surface area contributed by atoms with E-state index >= 15 is 0 Å². The van der Waals surface area contributed by atoms with Gasteiger partial charge in [-0.2, -0.15) is 0 Å². The maximum Gasteiger partial charge on any atom is 0.341 e. The van der Waals surface area contributed by atoms with E-state index in [1.165, 1.54) is 12.1 Å². The van der Waals surface area contributed by atoms with Crippen LogP contribution in [0, 0.1) is 5.82 Å². The Morgan fingerprint density at radius 3 is 2.70 bits per heavy atom. The van der Waals surface area contributed by atoms with Crippen LogP contribution in [0.2, 0.25) is 0 Å². The van der Waals surface area contributed by atoms with Gasteiger partial charge in [0.2, 0.25) is 0 Å². The van der Waals surface area contributed by atoms with Crippen molar-refractivity contribution in [3.8, 4) is 5.75 Å². The summed E-state index contributed by atoms with van der Waals surface area (Å²) >= 11 is 0. The monoisotopic (exact) mass is 381 g/mol. The van der Waals surface area contributed by atoms with Crippen LogP contribution in [0.4, 0.5) is 4.39 Å². The highest BCUT2D eigenvalue weighted by atomic mass is 19.1. The van der Waals surface area contributed by atoms with E-state index in [4.69, 9.17) is 14.6 Å². The number of hydrogen-bond donors (Lipinski definition) is 3. The third kappa shape index (κ3) is 5.40. The number of hydrogen-bond acceptors (Lipinski definition) is 5. The average molecular weight is 381 g/mol. The van der Waals surface area contributed by atoms with Gasteiger partial charge in [-0.3, -0.25) is 0 Å². The zero-order valence-electron chi connectivity index (χ0n) is 15.4. The van der Waals surface area contributed by atoms with Crippen LogP contribution in [-0.4, -0.2) is 54.2 Å². The third-order valence-electron chi connectivity index (χ3n) is 5.51. The van der Waals surface area contributed by atoms with Crippen molar-refractivity contribution in [2.45, 2.75) is 62.7 Å². The fourth-order valence-electron chi connectivity index (χ4n) is 4.04. The fourth-order valence-corrected chi connectivity index (χ4v) is 4.04. The molecule has 1 aromatic rings. The van der Waals surface area contributed by atoms with Gasteiger partial charge in [-0.15, -0.1) is 0 Å². The van der Waals surface area contributed by atoms with Crippen LogP contribution in [0.15, 0.2) is 18.2 Å². The number of aliphatic hydroxyl groups excluding tert-OH is 1. The molecule has 0 unspecified atom stereocenters. The van der Waals surface area contributed by atoms with Gasteiger partial charge >= 0.3 is 5.97 Å². The normalized spacial score (nSPS) is 28.7. The van der Waals surface area contributed by atoms with Crippen LogP contribution < -0.4 is 10.1 Å². The number of carbonyl (C=O) groups is 1. The Kier molecular flexibility index (Phi) is 7.04. The first kappa shape index (κ1) is 20.0. The number of piperidine rings is 1. The SMILES string of the molecule is O=C(O)COc1cccc(F)c1C1CCC(OC[C@@H]2NCCC[C@@H]2O)CC1. The first-order chi connectivity index (χ1) is 13.0. The van der Waals surface area contributed by atoms with Gasteiger partial charge in [0.05, 0.1) is 24.9 Å². The number of aliphatic carboxylic acids is 1.